The van der Waals surface area contributed by atoms with E-state index in [9.17, 15) is 20.0 Å². The van der Waals surface area contributed by atoms with Crippen molar-refractivity contribution in [3.63, 3.8) is 0 Å². The maximum absolute atomic E-state index is 12.2. The average molecular weight is 353 g/mol. The molecule has 0 spiro atoms. The monoisotopic (exact) mass is 353 g/mol. The second kappa shape index (κ2) is 8.62. The minimum absolute atomic E-state index is 0.0553. The normalized spacial score (nSPS) is 10.5. The second-order valence-corrected chi connectivity index (χ2v) is 5.82. The van der Waals surface area contributed by atoms with E-state index in [0.717, 1.165) is 5.57 Å². The molecule has 0 saturated heterocycles. The van der Waals surface area contributed by atoms with Crippen molar-refractivity contribution in [2.24, 2.45) is 0 Å². The van der Waals surface area contributed by atoms with E-state index in [1.807, 2.05) is 19.9 Å². The van der Waals surface area contributed by atoms with Gasteiger partial charge in [0.25, 0.3) is 5.69 Å². The minimum atomic E-state index is -0.501. The largest absolute Gasteiger partial charge is 0.507 e. The van der Waals surface area contributed by atoms with Crippen molar-refractivity contribution >= 4 is 17.5 Å². The van der Waals surface area contributed by atoms with Crippen molar-refractivity contribution in [1.82, 2.24) is 0 Å². The van der Waals surface area contributed by atoms with Crippen LogP contribution < -0.4 is 4.74 Å². The third kappa shape index (κ3) is 5.31. The fraction of sp³-hybridized carbons (Fsp3) is 0.150. The molecule has 0 aliphatic heterocycles. The molecule has 134 valence electrons. The van der Waals surface area contributed by atoms with Gasteiger partial charge < -0.3 is 9.84 Å². The highest BCUT2D eigenvalue weighted by Crippen LogP contribution is 2.25. The Morgan fingerprint density at radius 2 is 2.00 bits per heavy atom. The fourth-order valence-electron chi connectivity index (χ4n) is 2.12. The van der Waals surface area contributed by atoms with Crippen LogP contribution in [0.4, 0.5) is 5.69 Å². The van der Waals surface area contributed by atoms with Gasteiger partial charge in [0.2, 0.25) is 0 Å². The van der Waals surface area contributed by atoms with Gasteiger partial charge in [-0.05, 0) is 43.7 Å². The number of ether oxygens (including phenoxy) is 1. The van der Waals surface area contributed by atoms with Crippen LogP contribution in [0.1, 0.15) is 29.8 Å². The van der Waals surface area contributed by atoms with Gasteiger partial charge in [0.1, 0.15) is 18.1 Å². The molecular formula is C20H19NO5. The maximum Gasteiger partial charge on any atom is 0.270 e. The molecule has 0 amide bonds. The standard InChI is InChI=1S/C20H19NO5/c1-14(2)10-11-26-17-7-8-18(20(23)13-17)19(22)9-6-15-4-3-5-16(12-15)21(24)25/h3-10,12-13,23H,11H2,1-2H3. The van der Waals surface area contributed by atoms with Gasteiger partial charge in [-0.2, -0.15) is 0 Å². The van der Waals surface area contributed by atoms with Gasteiger partial charge in [0.05, 0.1) is 10.5 Å². The number of nitro benzene ring substituents is 1. The van der Waals surface area contributed by atoms with Gasteiger partial charge in [0, 0.05) is 18.2 Å². The molecule has 2 rings (SSSR count). The molecule has 26 heavy (non-hydrogen) atoms. The Kier molecular flexibility index (Phi) is 6.27. The third-order valence-electron chi connectivity index (χ3n) is 3.48. The average Bonchev–Trinajstić information content (AvgIpc) is 2.59. The lowest BCUT2D eigenvalue weighted by molar-refractivity contribution is -0.384. The smallest absolute Gasteiger partial charge is 0.270 e. The lowest BCUT2D eigenvalue weighted by Gasteiger charge is -2.06. The summed E-state index contributed by atoms with van der Waals surface area (Å²) in [6.45, 7) is 4.29. The van der Waals surface area contributed by atoms with E-state index >= 15 is 0 Å². The number of hydrogen-bond donors (Lipinski definition) is 1. The van der Waals surface area contributed by atoms with Gasteiger partial charge in [0.15, 0.2) is 5.78 Å². The number of phenolic OH excluding ortho intramolecular Hbond substituents is 1. The van der Waals surface area contributed by atoms with E-state index in [0.29, 0.717) is 17.9 Å². The van der Waals surface area contributed by atoms with Crippen molar-refractivity contribution in [1.29, 1.82) is 0 Å². The summed E-state index contributed by atoms with van der Waals surface area (Å²) in [5.74, 6) is -0.141. The number of rotatable bonds is 7. The van der Waals surface area contributed by atoms with Crippen LogP contribution in [-0.2, 0) is 0 Å². The Labute approximate surface area is 151 Å². The number of carbonyl (C=O) groups is 1. The summed E-state index contributed by atoms with van der Waals surface area (Å²) in [5, 5.41) is 20.8. The summed E-state index contributed by atoms with van der Waals surface area (Å²) in [4.78, 5) is 22.5. The molecule has 6 nitrogen and oxygen atoms in total. The van der Waals surface area contributed by atoms with E-state index < -0.39 is 10.7 Å². The summed E-state index contributed by atoms with van der Waals surface area (Å²) in [6.07, 6.45) is 4.63. The molecule has 0 aliphatic rings. The van der Waals surface area contributed by atoms with Crippen molar-refractivity contribution in [2.75, 3.05) is 6.61 Å². The predicted molar refractivity (Wildman–Crippen MR) is 99.5 cm³/mol. The summed E-state index contributed by atoms with van der Waals surface area (Å²) >= 11 is 0. The maximum atomic E-state index is 12.2. The van der Waals surface area contributed by atoms with Gasteiger partial charge in [-0.1, -0.05) is 23.8 Å². The van der Waals surface area contributed by atoms with Crippen LogP contribution in [0.5, 0.6) is 11.5 Å². The predicted octanol–water partition coefficient (Wildman–Crippen LogP) is 4.54. The van der Waals surface area contributed by atoms with E-state index in [-0.39, 0.29) is 17.0 Å². The number of aromatic hydroxyl groups is 1. The number of phenols is 1. The van der Waals surface area contributed by atoms with Gasteiger partial charge in [-0.25, -0.2) is 0 Å². The van der Waals surface area contributed by atoms with Crippen molar-refractivity contribution in [3.8, 4) is 11.5 Å². The first-order valence-corrected chi connectivity index (χ1v) is 7.93. The van der Waals surface area contributed by atoms with Crippen LogP contribution in [0.15, 0.2) is 60.2 Å². The van der Waals surface area contributed by atoms with Gasteiger partial charge in [-0.15, -0.1) is 0 Å². The van der Waals surface area contributed by atoms with Crippen molar-refractivity contribution in [2.45, 2.75) is 13.8 Å². The first-order chi connectivity index (χ1) is 12.4. The number of carbonyl (C=O) groups excluding carboxylic acids is 1. The lowest BCUT2D eigenvalue weighted by Crippen LogP contribution is -1.98. The van der Waals surface area contributed by atoms with Gasteiger partial charge >= 0.3 is 0 Å². The zero-order valence-electron chi connectivity index (χ0n) is 14.5. The first-order valence-electron chi connectivity index (χ1n) is 7.93. The SMILES string of the molecule is CC(C)=CCOc1ccc(C(=O)C=Cc2cccc([N+](=O)[O-])c2)c(O)c1. The number of nitrogens with zero attached hydrogens (tertiary/aromatic N) is 1. The van der Waals surface area contributed by atoms with Gasteiger partial charge in [-0.3, -0.25) is 14.9 Å². The molecule has 0 aromatic heterocycles. The van der Waals surface area contributed by atoms with E-state index in [1.54, 1.807) is 18.2 Å². The molecule has 0 aliphatic carbocycles. The molecule has 0 atom stereocenters. The molecule has 0 radical (unpaired) electrons. The molecule has 2 aromatic carbocycles. The first kappa shape index (κ1) is 18.9. The Balaban J connectivity index is 2.10. The number of benzene rings is 2. The Hall–Kier alpha value is -3.41. The van der Waals surface area contributed by atoms with Crippen LogP contribution in [0, 0.1) is 10.1 Å². The highest BCUT2D eigenvalue weighted by Gasteiger charge is 2.10. The molecule has 0 fully saturated rings. The minimum Gasteiger partial charge on any atom is -0.507 e. The van der Waals surface area contributed by atoms with Crippen molar-refractivity contribution < 1.29 is 19.6 Å². The number of nitro groups is 1. The van der Waals surface area contributed by atoms with Crippen LogP contribution in [0.3, 0.4) is 0 Å². The van der Waals surface area contributed by atoms with Crippen LogP contribution in [0.2, 0.25) is 0 Å². The summed E-state index contributed by atoms with van der Waals surface area (Å²) < 4.78 is 5.47. The van der Waals surface area contributed by atoms with Crippen LogP contribution >= 0.6 is 0 Å². The fourth-order valence-corrected chi connectivity index (χ4v) is 2.12. The van der Waals surface area contributed by atoms with E-state index in [2.05, 4.69) is 0 Å². The Bertz CT molecular complexity index is 880. The van der Waals surface area contributed by atoms with Crippen molar-refractivity contribution in [3.05, 3.63) is 81.4 Å². The van der Waals surface area contributed by atoms with Crippen LogP contribution in [-0.4, -0.2) is 22.4 Å². The Morgan fingerprint density at radius 1 is 1.23 bits per heavy atom. The second-order valence-electron chi connectivity index (χ2n) is 5.82. The van der Waals surface area contributed by atoms with E-state index in [4.69, 9.17) is 4.74 Å². The molecule has 0 heterocycles. The number of hydrogen-bond acceptors (Lipinski definition) is 5. The molecule has 2 aromatic rings. The highest BCUT2D eigenvalue weighted by atomic mass is 16.6. The Morgan fingerprint density at radius 3 is 2.65 bits per heavy atom. The number of allylic oxidation sites excluding steroid dienone is 2. The quantitative estimate of drug-likeness (QED) is 0.259. The summed E-state index contributed by atoms with van der Waals surface area (Å²) in [6, 6.07) is 10.4. The number of ketones is 1. The zero-order chi connectivity index (χ0) is 19.1. The van der Waals surface area contributed by atoms with E-state index in [1.165, 1.54) is 36.4 Å². The van der Waals surface area contributed by atoms with Crippen LogP contribution in [0.25, 0.3) is 6.08 Å². The molecule has 0 saturated carbocycles. The molecular weight excluding hydrogens is 334 g/mol. The molecule has 0 bridgehead atoms. The highest BCUT2D eigenvalue weighted by molar-refractivity contribution is 6.08. The molecule has 0 unspecified atom stereocenters. The zero-order valence-corrected chi connectivity index (χ0v) is 14.5. The molecule has 6 heteroatoms. The number of non-ortho nitro benzene ring substituents is 1. The summed E-state index contributed by atoms with van der Waals surface area (Å²) in [7, 11) is 0. The lowest BCUT2D eigenvalue weighted by atomic mass is 10.1. The topological polar surface area (TPSA) is 89.7 Å². The third-order valence-corrected chi connectivity index (χ3v) is 3.48. The summed E-state index contributed by atoms with van der Waals surface area (Å²) in [5.41, 5.74) is 1.71. The molecule has 1 N–H and O–H groups in total.